The first kappa shape index (κ1) is 42.0. The summed E-state index contributed by atoms with van der Waals surface area (Å²) in [5.41, 5.74) is 20.2. The first-order chi connectivity index (χ1) is 36.7. The minimum absolute atomic E-state index is 0.514. The van der Waals surface area contributed by atoms with E-state index < -0.39 is 5.41 Å². The van der Waals surface area contributed by atoms with Gasteiger partial charge in [0, 0.05) is 38.6 Å². The van der Waals surface area contributed by atoms with Gasteiger partial charge in [-0.1, -0.05) is 206 Å². The SMILES string of the molecule is c1ccc(C2(c3ccccc3)c3ccccc3-c3ccc(N(c4ccc(-c5cccc(-c6ccc7c(c6)c6ccccc6n7-c6cccc7c6oc6ccccc67)c5)cc4)c4ccc5ccccc5c4)cc32)cc1. The first-order valence-electron chi connectivity index (χ1n) is 25.5. The van der Waals surface area contributed by atoms with Gasteiger partial charge in [-0.25, -0.2) is 0 Å². The van der Waals surface area contributed by atoms with Crippen molar-refractivity contribution in [3.8, 4) is 39.1 Å². The van der Waals surface area contributed by atoms with Crippen molar-refractivity contribution in [3.05, 3.63) is 301 Å². The summed E-state index contributed by atoms with van der Waals surface area (Å²) in [6.45, 7) is 0. The summed E-state index contributed by atoms with van der Waals surface area (Å²) in [5.74, 6) is 0. The molecule has 12 aromatic carbocycles. The van der Waals surface area contributed by atoms with E-state index in [2.05, 4.69) is 282 Å². The Balaban J connectivity index is 0.835. The molecule has 0 amide bonds. The summed E-state index contributed by atoms with van der Waals surface area (Å²) in [4.78, 5) is 2.43. The maximum Gasteiger partial charge on any atom is 0.159 e. The number of rotatable bonds is 8. The van der Waals surface area contributed by atoms with Gasteiger partial charge in [-0.2, -0.15) is 0 Å². The van der Waals surface area contributed by atoms with Crippen molar-refractivity contribution >= 4 is 71.6 Å². The fraction of sp³-hybridized carbons (Fsp3) is 0.0141. The molecule has 1 aliphatic rings. The highest BCUT2D eigenvalue weighted by molar-refractivity contribution is 6.13. The van der Waals surface area contributed by atoms with Gasteiger partial charge in [0.2, 0.25) is 0 Å². The fourth-order valence-electron chi connectivity index (χ4n) is 12.3. The van der Waals surface area contributed by atoms with Gasteiger partial charge in [0.15, 0.2) is 5.58 Å². The van der Waals surface area contributed by atoms with Crippen molar-refractivity contribution in [2.24, 2.45) is 0 Å². The van der Waals surface area contributed by atoms with Crippen molar-refractivity contribution in [1.29, 1.82) is 0 Å². The molecule has 3 nitrogen and oxygen atoms in total. The Hall–Kier alpha value is -9.70. The lowest BCUT2D eigenvalue weighted by Gasteiger charge is -2.35. The number of aromatic nitrogens is 1. The third kappa shape index (κ3) is 6.40. The third-order valence-corrected chi connectivity index (χ3v) is 15.6. The second kappa shape index (κ2) is 16.7. The van der Waals surface area contributed by atoms with E-state index in [0.29, 0.717) is 0 Å². The summed E-state index contributed by atoms with van der Waals surface area (Å²) in [6.07, 6.45) is 0. The van der Waals surface area contributed by atoms with Gasteiger partial charge in [0.05, 0.1) is 22.1 Å². The van der Waals surface area contributed by atoms with E-state index in [4.69, 9.17) is 4.42 Å². The van der Waals surface area contributed by atoms with Crippen LogP contribution < -0.4 is 4.90 Å². The molecule has 0 unspecified atom stereocenters. The Labute approximate surface area is 429 Å². The molecule has 0 saturated heterocycles. The third-order valence-electron chi connectivity index (χ3n) is 15.6. The summed E-state index contributed by atoms with van der Waals surface area (Å²) >= 11 is 0. The highest BCUT2D eigenvalue weighted by Gasteiger charge is 2.46. The zero-order chi connectivity index (χ0) is 48.7. The molecular weight excluding hydrogens is 897 g/mol. The normalized spacial score (nSPS) is 12.7. The zero-order valence-corrected chi connectivity index (χ0v) is 40.4. The largest absolute Gasteiger partial charge is 0.454 e. The van der Waals surface area contributed by atoms with Crippen LogP contribution in [0.3, 0.4) is 0 Å². The minimum atomic E-state index is -0.514. The van der Waals surface area contributed by atoms with Crippen LogP contribution in [0.4, 0.5) is 17.1 Å². The first-order valence-corrected chi connectivity index (χ1v) is 25.5. The predicted molar refractivity (Wildman–Crippen MR) is 308 cm³/mol. The van der Waals surface area contributed by atoms with E-state index in [-0.39, 0.29) is 0 Å². The topological polar surface area (TPSA) is 21.3 Å². The Morgan fingerprint density at radius 1 is 0.324 bits per heavy atom. The molecule has 0 aliphatic heterocycles. The molecule has 14 aromatic rings. The van der Waals surface area contributed by atoms with E-state index in [9.17, 15) is 0 Å². The summed E-state index contributed by atoms with van der Waals surface area (Å²) in [6, 6.07) is 102. The number of hydrogen-bond donors (Lipinski definition) is 0. The van der Waals surface area contributed by atoms with Gasteiger partial charge in [-0.15, -0.1) is 0 Å². The van der Waals surface area contributed by atoms with Gasteiger partial charge in [0.1, 0.15) is 5.58 Å². The van der Waals surface area contributed by atoms with Crippen LogP contribution in [-0.4, -0.2) is 4.57 Å². The lowest BCUT2D eigenvalue weighted by molar-refractivity contribution is 0.666. The number of fused-ring (bicyclic) bond motifs is 10. The summed E-state index contributed by atoms with van der Waals surface area (Å²) in [5, 5.41) is 7.08. The highest BCUT2D eigenvalue weighted by Crippen LogP contribution is 2.57. The van der Waals surface area contributed by atoms with E-state index in [0.717, 1.165) is 66.8 Å². The number of furan rings is 1. The number of para-hydroxylation sites is 3. The molecule has 0 bridgehead atoms. The van der Waals surface area contributed by atoms with Crippen LogP contribution in [0, 0.1) is 0 Å². The van der Waals surface area contributed by atoms with Crippen LogP contribution in [0.15, 0.2) is 283 Å². The van der Waals surface area contributed by atoms with E-state index in [1.54, 1.807) is 0 Å². The van der Waals surface area contributed by atoms with Gasteiger partial charge in [-0.3, -0.25) is 0 Å². The maximum absolute atomic E-state index is 6.58. The van der Waals surface area contributed by atoms with Crippen molar-refractivity contribution in [1.82, 2.24) is 4.57 Å². The lowest BCUT2D eigenvalue weighted by Crippen LogP contribution is -2.28. The zero-order valence-electron chi connectivity index (χ0n) is 40.4. The van der Waals surface area contributed by atoms with Gasteiger partial charge in [-0.05, 0) is 139 Å². The van der Waals surface area contributed by atoms with E-state index in [1.807, 2.05) is 6.07 Å². The van der Waals surface area contributed by atoms with Gasteiger partial charge < -0.3 is 13.9 Å². The molecule has 0 fully saturated rings. The highest BCUT2D eigenvalue weighted by atomic mass is 16.3. The van der Waals surface area contributed by atoms with Crippen molar-refractivity contribution < 1.29 is 4.42 Å². The predicted octanol–water partition coefficient (Wildman–Crippen LogP) is 19.0. The summed E-state index contributed by atoms with van der Waals surface area (Å²) in [7, 11) is 0. The smallest absolute Gasteiger partial charge is 0.159 e. The lowest BCUT2D eigenvalue weighted by atomic mass is 9.67. The van der Waals surface area contributed by atoms with Crippen LogP contribution in [0.2, 0.25) is 0 Å². The Kier molecular flexibility index (Phi) is 9.48. The second-order valence-electron chi connectivity index (χ2n) is 19.6. The molecule has 3 heteroatoms. The molecule has 346 valence electrons. The standard InChI is InChI=1S/C71H46N2O/c1-3-21-53(22-4-1)71(54-23-5-2-6-24-54)64-29-12-9-25-58(64)59-41-40-57(46-65(59)71)72(56-39-35-47-17-7-8-18-51(47)44-56)55-37-33-48(34-38-55)49-19-15-20-50(43-49)52-36-42-67-63(45-52)60-26-10-13-30-66(60)73(67)68-31-16-28-62-61-27-11-14-32-69(61)74-70(62)68/h1-46H. The molecule has 0 spiro atoms. The number of benzene rings is 12. The van der Waals surface area contributed by atoms with Crippen molar-refractivity contribution in [3.63, 3.8) is 0 Å². The van der Waals surface area contributed by atoms with E-state index in [1.165, 1.54) is 66.1 Å². The molecule has 15 rings (SSSR count). The Morgan fingerprint density at radius 2 is 0.905 bits per heavy atom. The molecule has 2 heterocycles. The summed E-state index contributed by atoms with van der Waals surface area (Å²) < 4.78 is 8.94. The maximum atomic E-state index is 6.58. The number of anilines is 3. The fourth-order valence-corrected chi connectivity index (χ4v) is 12.3. The van der Waals surface area contributed by atoms with Crippen LogP contribution in [0.25, 0.3) is 93.6 Å². The molecule has 2 aromatic heterocycles. The van der Waals surface area contributed by atoms with Crippen molar-refractivity contribution in [2.45, 2.75) is 5.41 Å². The minimum Gasteiger partial charge on any atom is -0.454 e. The molecular formula is C71H46N2O. The molecule has 74 heavy (non-hydrogen) atoms. The molecule has 1 aliphatic carbocycles. The molecule has 0 saturated carbocycles. The molecule has 0 radical (unpaired) electrons. The Morgan fingerprint density at radius 3 is 1.73 bits per heavy atom. The van der Waals surface area contributed by atoms with Gasteiger partial charge in [0.25, 0.3) is 0 Å². The average molecular weight is 943 g/mol. The number of hydrogen-bond acceptors (Lipinski definition) is 2. The van der Waals surface area contributed by atoms with Crippen LogP contribution >= 0.6 is 0 Å². The van der Waals surface area contributed by atoms with Crippen molar-refractivity contribution in [2.75, 3.05) is 4.90 Å². The monoisotopic (exact) mass is 942 g/mol. The number of nitrogens with zero attached hydrogens (tertiary/aromatic N) is 2. The quantitative estimate of drug-likeness (QED) is 0.151. The Bertz CT molecular complexity index is 4450. The van der Waals surface area contributed by atoms with Crippen LogP contribution in [0.5, 0.6) is 0 Å². The van der Waals surface area contributed by atoms with Crippen LogP contribution in [-0.2, 0) is 5.41 Å². The molecule has 0 atom stereocenters. The second-order valence-corrected chi connectivity index (χ2v) is 19.6. The average Bonchev–Trinajstić information content (AvgIpc) is 4.13. The van der Waals surface area contributed by atoms with Crippen LogP contribution in [0.1, 0.15) is 22.3 Å². The van der Waals surface area contributed by atoms with E-state index >= 15 is 0 Å². The molecule has 0 N–H and O–H groups in total. The van der Waals surface area contributed by atoms with Gasteiger partial charge >= 0.3 is 0 Å².